The fourth-order valence-electron chi connectivity index (χ4n) is 3.23. The van der Waals surface area contributed by atoms with Gasteiger partial charge in [-0.2, -0.15) is 0 Å². The molecule has 1 N–H and O–H groups in total. The summed E-state index contributed by atoms with van der Waals surface area (Å²) in [6.07, 6.45) is 0.268. The first-order chi connectivity index (χ1) is 13.0. The number of oxime groups is 1. The summed E-state index contributed by atoms with van der Waals surface area (Å²) < 4.78 is 5.30. The molecule has 0 saturated heterocycles. The Morgan fingerprint density at radius 3 is 2.78 bits per heavy atom. The molecule has 0 aliphatic carbocycles. The highest BCUT2D eigenvalue weighted by Gasteiger charge is 2.25. The molecule has 0 spiro atoms. The molecule has 0 fully saturated rings. The van der Waals surface area contributed by atoms with Crippen molar-refractivity contribution in [1.82, 2.24) is 4.90 Å². The largest absolute Gasteiger partial charge is 0.497 e. The molecule has 5 nitrogen and oxygen atoms in total. The highest BCUT2D eigenvalue weighted by Crippen LogP contribution is 2.21. The van der Waals surface area contributed by atoms with Crippen LogP contribution < -0.4 is 4.74 Å². The van der Waals surface area contributed by atoms with Gasteiger partial charge in [0.2, 0.25) is 0 Å². The van der Waals surface area contributed by atoms with E-state index in [1.54, 1.807) is 14.0 Å². The van der Waals surface area contributed by atoms with E-state index in [1.165, 1.54) is 0 Å². The van der Waals surface area contributed by atoms with E-state index < -0.39 is 6.10 Å². The molecule has 0 aromatic heterocycles. The smallest absolute Gasteiger partial charge is 0.145 e. The van der Waals surface area contributed by atoms with Crippen LogP contribution >= 0.6 is 11.6 Å². The maximum atomic E-state index is 9.88. The predicted molar refractivity (Wildman–Crippen MR) is 107 cm³/mol. The van der Waals surface area contributed by atoms with Gasteiger partial charge in [-0.15, -0.1) is 0 Å². The average molecular weight is 389 g/mol. The highest BCUT2D eigenvalue weighted by molar-refractivity contribution is 6.30. The topological polar surface area (TPSA) is 54.3 Å². The lowest BCUT2D eigenvalue weighted by molar-refractivity contribution is 0.0351. The number of rotatable bonds is 8. The van der Waals surface area contributed by atoms with Crippen molar-refractivity contribution in [3.63, 3.8) is 0 Å². The fraction of sp³-hybridized carbons (Fsp3) is 0.381. The van der Waals surface area contributed by atoms with Gasteiger partial charge in [0, 0.05) is 31.1 Å². The maximum absolute atomic E-state index is 9.88. The number of nitrogens with zero attached hydrogens (tertiary/aromatic N) is 2. The van der Waals surface area contributed by atoms with Crippen molar-refractivity contribution in [2.45, 2.75) is 32.1 Å². The molecule has 1 heterocycles. The third kappa shape index (κ3) is 5.70. The minimum absolute atomic E-state index is 0.0416. The summed E-state index contributed by atoms with van der Waals surface area (Å²) in [6.45, 7) is 3.75. The second-order valence-corrected chi connectivity index (χ2v) is 7.31. The van der Waals surface area contributed by atoms with E-state index in [-0.39, 0.29) is 6.10 Å². The van der Waals surface area contributed by atoms with Crippen molar-refractivity contribution in [1.29, 1.82) is 0 Å². The van der Waals surface area contributed by atoms with E-state index in [4.69, 9.17) is 21.2 Å². The van der Waals surface area contributed by atoms with Crippen LogP contribution in [-0.2, 0) is 11.4 Å². The van der Waals surface area contributed by atoms with Gasteiger partial charge in [0.05, 0.1) is 18.9 Å². The van der Waals surface area contributed by atoms with Crippen molar-refractivity contribution in [3.8, 4) is 5.75 Å². The molecule has 2 aromatic carbocycles. The van der Waals surface area contributed by atoms with Crippen LogP contribution in [0, 0.1) is 0 Å². The number of benzene rings is 2. The highest BCUT2D eigenvalue weighted by atomic mass is 35.5. The first kappa shape index (κ1) is 19.7. The second-order valence-electron chi connectivity index (χ2n) is 6.87. The first-order valence-corrected chi connectivity index (χ1v) is 9.43. The van der Waals surface area contributed by atoms with E-state index >= 15 is 0 Å². The molecule has 0 bridgehead atoms. The van der Waals surface area contributed by atoms with E-state index in [0.29, 0.717) is 24.7 Å². The van der Waals surface area contributed by atoms with Crippen LogP contribution in [0.5, 0.6) is 5.75 Å². The van der Waals surface area contributed by atoms with Crippen LogP contribution in [0.2, 0.25) is 5.02 Å². The summed E-state index contributed by atoms with van der Waals surface area (Å²) >= 11 is 5.95. The van der Waals surface area contributed by atoms with Crippen molar-refractivity contribution in [3.05, 3.63) is 64.7 Å². The average Bonchev–Trinajstić information content (AvgIpc) is 3.10. The van der Waals surface area contributed by atoms with Crippen LogP contribution in [0.15, 0.2) is 53.7 Å². The molecule has 27 heavy (non-hydrogen) atoms. The fourth-order valence-corrected chi connectivity index (χ4v) is 3.36. The van der Waals surface area contributed by atoms with Crippen LogP contribution in [0.25, 0.3) is 0 Å². The third-order valence-corrected chi connectivity index (χ3v) is 4.69. The van der Waals surface area contributed by atoms with E-state index in [1.807, 2.05) is 42.5 Å². The zero-order valence-corrected chi connectivity index (χ0v) is 16.4. The molecule has 2 atom stereocenters. The SMILES string of the molecule is COc1cccc(CN(C[C@H]2CC(c3ccc(Cl)cc3)=NO2)C[C@H](C)O)c1. The van der Waals surface area contributed by atoms with Crippen molar-refractivity contribution >= 4 is 17.3 Å². The number of aliphatic hydroxyl groups excluding tert-OH is 1. The van der Waals surface area contributed by atoms with Gasteiger partial charge < -0.3 is 14.7 Å². The maximum Gasteiger partial charge on any atom is 0.145 e. The number of halogens is 1. The zero-order valence-electron chi connectivity index (χ0n) is 15.6. The van der Waals surface area contributed by atoms with Gasteiger partial charge in [0.15, 0.2) is 0 Å². The van der Waals surface area contributed by atoms with E-state index in [9.17, 15) is 5.11 Å². The van der Waals surface area contributed by atoms with Crippen LogP contribution in [0.1, 0.15) is 24.5 Å². The van der Waals surface area contributed by atoms with Crippen LogP contribution in [-0.4, -0.2) is 48.1 Å². The lowest BCUT2D eigenvalue weighted by Gasteiger charge is -2.26. The molecule has 3 rings (SSSR count). The summed E-state index contributed by atoms with van der Waals surface area (Å²) in [4.78, 5) is 7.84. The molecule has 0 saturated carbocycles. The number of ether oxygens (including phenoxy) is 1. The van der Waals surface area contributed by atoms with Gasteiger partial charge in [-0.1, -0.05) is 41.0 Å². The number of aliphatic hydroxyl groups is 1. The Balaban J connectivity index is 1.62. The first-order valence-electron chi connectivity index (χ1n) is 9.05. The number of methoxy groups -OCH3 is 1. The Hall–Kier alpha value is -2.08. The summed E-state index contributed by atoms with van der Waals surface area (Å²) in [5.41, 5.74) is 3.08. The van der Waals surface area contributed by atoms with Gasteiger partial charge >= 0.3 is 0 Å². The molecule has 2 aromatic rings. The van der Waals surface area contributed by atoms with Crippen LogP contribution in [0.3, 0.4) is 0 Å². The molecular formula is C21H25ClN2O3. The normalized spacial score (nSPS) is 17.5. The molecular weight excluding hydrogens is 364 g/mol. The number of hydrogen-bond donors (Lipinski definition) is 1. The Morgan fingerprint density at radius 2 is 2.07 bits per heavy atom. The lowest BCUT2D eigenvalue weighted by atomic mass is 10.0. The standard InChI is InChI=1S/C21H25ClN2O3/c1-15(25)12-24(13-16-4-3-5-19(10-16)26-2)14-20-11-21(23-27-20)17-6-8-18(22)9-7-17/h3-10,15,20,25H,11-14H2,1-2H3/t15-,20+/m0/s1. The van der Waals surface area contributed by atoms with Gasteiger partial charge in [0.25, 0.3) is 0 Å². The molecule has 0 unspecified atom stereocenters. The molecule has 0 amide bonds. The monoisotopic (exact) mass is 388 g/mol. The van der Waals surface area contributed by atoms with Gasteiger partial charge in [-0.25, -0.2) is 0 Å². The van der Waals surface area contributed by atoms with Crippen molar-refractivity contribution < 1.29 is 14.7 Å². The number of hydrogen-bond acceptors (Lipinski definition) is 5. The van der Waals surface area contributed by atoms with Crippen molar-refractivity contribution in [2.75, 3.05) is 20.2 Å². The Morgan fingerprint density at radius 1 is 1.30 bits per heavy atom. The van der Waals surface area contributed by atoms with Crippen LogP contribution in [0.4, 0.5) is 0 Å². The second kappa shape index (κ2) is 9.22. The molecule has 6 heteroatoms. The Bertz CT molecular complexity index is 777. The summed E-state index contributed by atoms with van der Waals surface area (Å²) in [5, 5.41) is 14.8. The van der Waals surface area contributed by atoms with Gasteiger partial charge in [0.1, 0.15) is 11.9 Å². The predicted octanol–water partition coefficient (Wildman–Crippen LogP) is 3.72. The Kier molecular flexibility index (Phi) is 6.72. The Labute approximate surface area is 165 Å². The summed E-state index contributed by atoms with van der Waals surface area (Å²) in [5.74, 6) is 0.829. The summed E-state index contributed by atoms with van der Waals surface area (Å²) in [6, 6.07) is 15.6. The minimum atomic E-state index is -0.423. The minimum Gasteiger partial charge on any atom is -0.497 e. The quantitative estimate of drug-likeness (QED) is 0.748. The zero-order chi connectivity index (χ0) is 19.2. The lowest BCUT2D eigenvalue weighted by Crippen LogP contribution is -2.37. The molecule has 1 aliphatic heterocycles. The summed E-state index contributed by atoms with van der Waals surface area (Å²) in [7, 11) is 1.66. The molecule has 1 aliphatic rings. The molecule has 144 valence electrons. The molecule has 0 radical (unpaired) electrons. The van der Waals surface area contributed by atoms with E-state index in [0.717, 1.165) is 29.0 Å². The van der Waals surface area contributed by atoms with Gasteiger partial charge in [-0.3, -0.25) is 4.90 Å². The van der Waals surface area contributed by atoms with E-state index in [2.05, 4.69) is 16.1 Å². The van der Waals surface area contributed by atoms with Gasteiger partial charge in [-0.05, 0) is 42.3 Å². The van der Waals surface area contributed by atoms with Crippen molar-refractivity contribution in [2.24, 2.45) is 5.16 Å². The third-order valence-electron chi connectivity index (χ3n) is 4.44.